The first-order valence-electron chi connectivity index (χ1n) is 9.76. The van der Waals surface area contributed by atoms with Crippen LogP contribution in [0.25, 0.3) is 0 Å². The summed E-state index contributed by atoms with van der Waals surface area (Å²) >= 11 is 0. The first-order chi connectivity index (χ1) is 10.9. The highest BCUT2D eigenvalue weighted by molar-refractivity contribution is 5.85. The van der Waals surface area contributed by atoms with Gasteiger partial charge in [-0.15, -0.1) is 0 Å². The van der Waals surface area contributed by atoms with E-state index in [0.29, 0.717) is 0 Å². The molecular weight excluding hydrogens is 286 g/mol. The van der Waals surface area contributed by atoms with Crippen LogP contribution in [0.1, 0.15) is 72.1 Å². The molecule has 4 nitrogen and oxygen atoms in total. The minimum atomic E-state index is -0.676. The number of amides is 1. The molecule has 0 spiro atoms. The summed E-state index contributed by atoms with van der Waals surface area (Å²) < 4.78 is 0. The number of nitrogens with zero attached hydrogens (tertiary/aromatic N) is 2. The number of piperidine rings is 2. The lowest BCUT2D eigenvalue weighted by molar-refractivity contribution is -0.138. The minimum Gasteiger partial charge on any atom is -0.341 e. The fraction of sp³-hybridized carbons (Fsp3) is 0.947. The van der Waals surface area contributed by atoms with Crippen molar-refractivity contribution >= 4 is 5.91 Å². The molecule has 0 aromatic heterocycles. The van der Waals surface area contributed by atoms with E-state index < -0.39 is 5.54 Å². The van der Waals surface area contributed by atoms with E-state index in [9.17, 15) is 4.79 Å². The number of rotatable bonds is 6. The Morgan fingerprint density at radius 1 is 1.17 bits per heavy atom. The summed E-state index contributed by atoms with van der Waals surface area (Å²) in [5, 5.41) is 0. The van der Waals surface area contributed by atoms with Crippen LogP contribution in [0, 0.1) is 5.92 Å². The van der Waals surface area contributed by atoms with Crippen LogP contribution < -0.4 is 5.73 Å². The van der Waals surface area contributed by atoms with Gasteiger partial charge in [0.25, 0.3) is 0 Å². The number of hydrogen-bond acceptors (Lipinski definition) is 3. The Morgan fingerprint density at radius 2 is 1.87 bits per heavy atom. The Labute approximate surface area is 142 Å². The molecule has 2 N–H and O–H groups in total. The zero-order valence-electron chi connectivity index (χ0n) is 15.5. The molecule has 2 fully saturated rings. The van der Waals surface area contributed by atoms with Crippen LogP contribution in [0.5, 0.6) is 0 Å². The predicted octanol–water partition coefficient (Wildman–Crippen LogP) is 3.01. The molecule has 0 saturated carbocycles. The van der Waals surface area contributed by atoms with Gasteiger partial charge < -0.3 is 15.5 Å². The molecule has 0 aliphatic carbocycles. The Balaban J connectivity index is 1.72. The number of hydrogen-bond donors (Lipinski definition) is 1. The van der Waals surface area contributed by atoms with Gasteiger partial charge in [0.1, 0.15) is 0 Å². The van der Waals surface area contributed by atoms with Gasteiger partial charge in [-0.25, -0.2) is 0 Å². The summed E-state index contributed by atoms with van der Waals surface area (Å²) in [7, 11) is 0. The van der Waals surface area contributed by atoms with Crippen molar-refractivity contribution in [3.63, 3.8) is 0 Å². The van der Waals surface area contributed by atoms with Gasteiger partial charge in [-0.1, -0.05) is 19.8 Å². The molecule has 4 heteroatoms. The average Bonchev–Trinajstić information content (AvgIpc) is 2.54. The van der Waals surface area contributed by atoms with Gasteiger partial charge in [0.15, 0.2) is 0 Å². The summed E-state index contributed by atoms with van der Waals surface area (Å²) in [4.78, 5) is 17.2. The third kappa shape index (κ3) is 5.18. The molecule has 1 amide bonds. The van der Waals surface area contributed by atoms with E-state index in [2.05, 4.69) is 18.7 Å². The maximum absolute atomic E-state index is 12.6. The largest absolute Gasteiger partial charge is 0.341 e. The third-order valence-electron chi connectivity index (χ3n) is 5.92. The van der Waals surface area contributed by atoms with Crippen molar-refractivity contribution < 1.29 is 4.79 Å². The lowest BCUT2D eigenvalue weighted by Gasteiger charge is -2.38. The van der Waals surface area contributed by atoms with Gasteiger partial charge in [0.05, 0.1) is 5.54 Å². The lowest BCUT2D eigenvalue weighted by Crippen LogP contribution is -2.55. The highest BCUT2D eigenvalue weighted by Gasteiger charge is 2.33. The summed E-state index contributed by atoms with van der Waals surface area (Å²) in [5.41, 5.74) is 5.53. The van der Waals surface area contributed by atoms with E-state index in [1.54, 1.807) is 0 Å². The first-order valence-corrected chi connectivity index (χ1v) is 9.76. The molecule has 2 rings (SSSR count). The van der Waals surface area contributed by atoms with Gasteiger partial charge in [-0.05, 0) is 71.4 Å². The van der Waals surface area contributed by atoms with Crippen molar-refractivity contribution in [3.05, 3.63) is 0 Å². The highest BCUT2D eigenvalue weighted by Crippen LogP contribution is 2.25. The molecule has 2 atom stereocenters. The van der Waals surface area contributed by atoms with Gasteiger partial charge in [0.2, 0.25) is 5.91 Å². The first kappa shape index (κ1) is 18.7. The van der Waals surface area contributed by atoms with Crippen LogP contribution in [0.4, 0.5) is 0 Å². The van der Waals surface area contributed by atoms with E-state index in [1.807, 2.05) is 11.8 Å². The molecule has 2 aliphatic rings. The number of carbonyl (C=O) groups excluding carboxylic acids is 1. The SMILES string of the molecule is CCCC(C)(N)C(=O)N1CCC(CCN2CCCCC2C)CC1. The standard InChI is InChI=1S/C19H37N3O/c1-4-11-19(3,20)18(23)22-14-9-17(10-15-22)8-13-21-12-6-5-7-16(21)2/h16-17H,4-15,20H2,1-3H3. The van der Waals surface area contributed by atoms with Crippen LogP contribution in [0.3, 0.4) is 0 Å². The number of likely N-dealkylation sites (tertiary alicyclic amines) is 2. The van der Waals surface area contributed by atoms with Crippen molar-refractivity contribution in [1.82, 2.24) is 9.80 Å². The lowest BCUT2D eigenvalue weighted by atomic mass is 9.90. The molecular formula is C19H37N3O. The monoisotopic (exact) mass is 323 g/mol. The second kappa shape index (κ2) is 8.48. The molecule has 0 aromatic rings. The van der Waals surface area contributed by atoms with Crippen molar-refractivity contribution in [3.8, 4) is 0 Å². The van der Waals surface area contributed by atoms with E-state index in [0.717, 1.165) is 50.7 Å². The van der Waals surface area contributed by atoms with Gasteiger partial charge in [-0.2, -0.15) is 0 Å². The van der Waals surface area contributed by atoms with E-state index in [4.69, 9.17) is 5.73 Å². The molecule has 23 heavy (non-hydrogen) atoms. The second-order valence-corrected chi connectivity index (χ2v) is 8.07. The van der Waals surface area contributed by atoms with Crippen molar-refractivity contribution in [2.24, 2.45) is 11.7 Å². The van der Waals surface area contributed by atoms with Crippen molar-refractivity contribution in [2.75, 3.05) is 26.2 Å². The van der Waals surface area contributed by atoms with Crippen LogP contribution >= 0.6 is 0 Å². The Kier molecular flexibility index (Phi) is 6.90. The molecule has 134 valence electrons. The zero-order valence-corrected chi connectivity index (χ0v) is 15.5. The van der Waals surface area contributed by atoms with Gasteiger partial charge >= 0.3 is 0 Å². The topological polar surface area (TPSA) is 49.6 Å². The van der Waals surface area contributed by atoms with E-state index >= 15 is 0 Å². The quantitative estimate of drug-likeness (QED) is 0.817. The molecule has 2 unspecified atom stereocenters. The molecule has 2 heterocycles. The predicted molar refractivity (Wildman–Crippen MR) is 96.3 cm³/mol. The van der Waals surface area contributed by atoms with Gasteiger partial charge in [0, 0.05) is 19.1 Å². The minimum absolute atomic E-state index is 0.155. The van der Waals surface area contributed by atoms with Crippen LogP contribution in [-0.4, -0.2) is 53.5 Å². The number of carbonyl (C=O) groups is 1. The Hall–Kier alpha value is -0.610. The summed E-state index contributed by atoms with van der Waals surface area (Å²) in [6.45, 7) is 10.7. The third-order valence-corrected chi connectivity index (χ3v) is 5.92. The van der Waals surface area contributed by atoms with Crippen molar-refractivity contribution in [1.29, 1.82) is 0 Å². The van der Waals surface area contributed by atoms with E-state index in [-0.39, 0.29) is 5.91 Å². The van der Waals surface area contributed by atoms with E-state index in [1.165, 1.54) is 38.8 Å². The zero-order chi connectivity index (χ0) is 16.9. The van der Waals surface area contributed by atoms with Crippen LogP contribution in [0.15, 0.2) is 0 Å². The summed E-state index contributed by atoms with van der Waals surface area (Å²) in [6.07, 6.45) is 9.45. The molecule has 0 aromatic carbocycles. The maximum Gasteiger partial charge on any atom is 0.242 e. The molecule has 0 radical (unpaired) electrons. The normalized spacial score (nSPS) is 27.0. The molecule has 2 aliphatic heterocycles. The smallest absolute Gasteiger partial charge is 0.242 e. The highest BCUT2D eigenvalue weighted by atomic mass is 16.2. The van der Waals surface area contributed by atoms with Crippen LogP contribution in [0.2, 0.25) is 0 Å². The fourth-order valence-electron chi connectivity index (χ4n) is 4.25. The van der Waals surface area contributed by atoms with Crippen LogP contribution in [-0.2, 0) is 4.79 Å². The summed E-state index contributed by atoms with van der Waals surface area (Å²) in [5.74, 6) is 0.936. The summed E-state index contributed by atoms with van der Waals surface area (Å²) in [6, 6.07) is 0.761. The van der Waals surface area contributed by atoms with Crippen molar-refractivity contribution in [2.45, 2.75) is 83.7 Å². The molecule has 2 saturated heterocycles. The fourth-order valence-corrected chi connectivity index (χ4v) is 4.25. The second-order valence-electron chi connectivity index (χ2n) is 8.07. The maximum atomic E-state index is 12.6. The molecule has 0 bridgehead atoms. The Bertz CT molecular complexity index is 375. The Morgan fingerprint density at radius 3 is 2.48 bits per heavy atom. The number of nitrogens with two attached hydrogens (primary N) is 1. The average molecular weight is 324 g/mol. The van der Waals surface area contributed by atoms with Gasteiger partial charge in [-0.3, -0.25) is 4.79 Å².